The first kappa shape index (κ1) is 22.3. The summed E-state index contributed by atoms with van der Waals surface area (Å²) in [7, 11) is -0.357. The van der Waals surface area contributed by atoms with E-state index in [1.165, 1.54) is 23.3 Å². The van der Waals surface area contributed by atoms with Gasteiger partial charge in [-0.05, 0) is 38.5 Å². The summed E-state index contributed by atoms with van der Waals surface area (Å²) in [5.41, 5.74) is 2.04. The molecule has 2 N–H and O–H groups in total. The molecule has 0 saturated carbocycles. The maximum atomic E-state index is 12.1. The highest BCUT2D eigenvalue weighted by Crippen LogP contribution is 2.16. The predicted molar refractivity (Wildman–Crippen MR) is 115 cm³/mol. The van der Waals surface area contributed by atoms with Crippen LogP contribution >= 0.6 is 11.3 Å². The number of sulfonamides is 1. The van der Waals surface area contributed by atoms with E-state index in [4.69, 9.17) is 0 Å². The van der Waals surface area contributed by atoms with Crippen LogP contribution in [0.4, 0.5) is 0 Å². The fourth-order valence-electron chi connectivity index (χ4n) is 2.42. The topological polar surface area (TPSA) is 86.7 Å². The van der Waals surface area contributed by atoms with E-state index in [0.717, 1.165) is 41.7 Å². The molecular formula is C19H29N5O2S2. The molecule has 0 saturated heterocycles. The molecule has 1 heterocycles. The van der Waals surface area contributed by atoms with Gasteiger partial charge in [0, 0.05) is 38.5 Å². The van der Waals surface area contributed by atoms with Gasteiger partial charge in [0.25, 0.3) is 0 Å². The molecule has 0 atom stereocenters. The number of benzene rings is 1. The van der Waals surface area contributed by atoms with Crippen molar-refractivity contribution in [3.05, 3.63) is 45.4 Å². The molecule has 0 unspecified atom stereocenters. The minimum absolute atomic E-state index is 0.282. The molecule has 0 aliphatic rings. The number of nitrogens with zero attached hydrogens (tertiary/aromatic N) is 3. The SMILES string of the molecule is CCNC(=NCc1ccc(S(=O)(=O)N(C)C)cc1)NCCc1nc(C)c(C)s1. The van der Waals surface area contributed by atoms with Crippen molar-refractivity contribution in [1.82, 2.24) is 19.9 Å². The number of hydrogen-bond acceptors (Lipinski definition) is 5. The van der Waals surface area contributed by atoms with Crippen molar-refractivity contribution in [2.45, 2.75) is 38.6 Å². The summed E-state index contributed by atoms with van der Waals surface area (Å²) < 4.78 is 25.5. The zero-order valence-corrected chi connectivity index (χ0v) is 18.7. The van der Waals surface area contributed by atoms with Crippen molar-refractivity contribution in [2.24, 2.45) is 4.99 Å². The summed E-state index contributed by atoms with van der Waals surface area (Å²) in [6.07, 6.45) is 0.848. The van der Waals surface area contributed by atoms with Gasteiger partial charge in [-0.25, -0.2) is 22.7 Å². The third kappa shape index (κ3) is 6.02. The van der Waals surface area contributed by atoms with Crippen LogP contribution in [0.1, 0.15) is 28.1 Å². The van der Waals surface area contributed by atoms with E-state index in [1.54, 1.807) is 35.6 Å². The average Bonchev–Trinajstić information content (AvgIpc) is 2.97. The van der Waals surface area contributed by atoms with Crippen molar-refractivity contribution in [2.75, 3.05) is 27.2 Å². The molecule has 1 aromatic carbocycles. The predicted octanol–water partition coefficient (Wildman–Crippen LogP) is 2.31. The summed E-state index contributed by atoms with van der Waals surface area (Å²) in [5.74, 6) is 0.734. The Balaban J connectivity index is 1.96. The summed E-state index contributed by atoms with van der Waals surface area (Å²) in [6, 6.07) is 6.83. The number of guanidine groups is 1. The third-order valence-corrected chi connectivity index (χ3v) is 7.13. The fraction of sp³-hybridized carbons (Fsp3) is 0.474. The lowest BCUT2D eigenvalue weighted by Crippen LogP contribution is -2.38. The van der Waals surface area contributed by atoms with Crippen LogP contribution in [0.3, 0.4) is 0 Å². The highest BCUT2D eigenvalue weighted by atomic mass is 32.2. The molecule has 0 radical (unpaired) electrons. The Morgan fingerprint density at radius 3 is 2.39 bits per heavy atom. The Kier molecular flexibility index (Phi) is 7.97. The first-order valence-electron chi connectivity index (χ1n) is 9.20. The highest BCUT2D eigenvalue weighted by molar-refractivity contribution is 7.89. The van der Waals surface area contributed by atoms with Gasteiger partial charge < -0.3 is 10.6 Å². The summed E-state index contributed by atoms with van der Waals surface area (Å²) in [4.78, 5) is 10.7. The highest BCUT2D eigenvalue weighted by Gasteiger charge is 2.16. The van der Waals surface area contributed by atoms with Gasteiger partial charge in [0.1, 0.15) is 0 Å². The monoisotopic (exact) mass is 423 g/mol. The zero-order chi connectivity index (χ0) is 20.7. The van der Waals surface area contributed by atoms with E-state index in [2.05, 4.69) is 27.5 Å². The molecule has 0 bridgehead atoms. The van der Waals surface area contributed by atoms with Crippen molar-refractivity contribution in [3.8, 4) is 0 Å². The van der Waals surface area contributed by atoms with Crippen LogP contribution in [0.25, 0.3) is 0 Å². The molecule has 0 aliphatic carbocycles. The minimum Gasteiger partial charge on any atom is -0.357 e. The molecular weight excluding hydrogens is 394 g/mol. The van der Waals surface area contributed by atoms with Crippen LogP contribution in [0, 0.1) is 13.8 Å². The Morgan fingerprint density at radius 1 is 1.18 bits per heavy atom. The van der Waals surface area contributed by atoms with Gasteiger partial charge in [-0.2, -0.15) is 0 Å². The minimum atomic E-state index is -3.41. The first-order valence-corrected chi connectivity index (χ1v) is 11.5. The van der Waals surface area contributed by atoms with Crippen LogP contribution in [0.15, 0.2) is 34.2 Å². The molecule has 0 fully saturated rings. The molecule has 154 valence electrons. The van der Waals surface area contributed by atoms with Crippen molar-refractivity contribution in [1.29, 1.82) is 0 Å². The number of aryl methyl sites for hydroxylation is 2. The van der Waals surface area contributed by atoms with Gasteiger partial charge in [0.15, 0.2) is 5.96 Å². The maximum absolute atomic E-state index is 12.1. The van der Waals surface area contributed by atoms with Gasteiger partial charge in [-0.15, -0.1) is 11.3 Å². The van der Waals surface area contributed by atoms with Gasteiger partial charge in [0.2, 0.25) is 10.0 Å². The van der Waals surface area contributed by atoms with Crippen LogP contribution < -0.4 is 10.6 Å². The van der Waals surface area contributed by atoms with Crippen LogP contribution in [0.2, 0.25) is 0 Å². The molecule has 1 aromatic heterocycles. The molecule has 2 rings (SSSR count). The van der Waals surface area contributed by atoms with E-state index in [-0.39, 0.29) is 4.90 Å². The summed E-state index contributed by atoms with van der Waals surface area (Å²) >= 11 is 1.73. The fourth-order valence-corrected chi connectivity index (χ4v) is 4.26. The second-order valence-electron chi connectivity index (χ2n) is 6.55. The number of aromatic nitrogens is 1. The summed E-state index contributed by atoms with van der Waals surface area (Å²) in [6.45, 7) is 8.12. The van der Waals surface area contributed by atoms with E-state index in [0.29, 0.717) is 6.54 Å². The average molecular weight is 424 g/mol. The van der Waals surface area contributed by atoms with E-state index >= 15 is 0 Å². The molecule has 7 nitrogen and oxygen atoms in total. The second-order valence-corrected chi connectivity index (χ2v) is 9.99. The Labute approximate surface area is 172 Å². The van der Waals surface area contributed by atoms with Gasteiger partial charge in [-0.1, -0.05) is 12.1 Å². The van der Waals surface area contributed by atoms with Crippen molar-refractivity contribution >= 4 is 27.3 Å². The van der Waals surface area contributed by atoms with Gasteiger partial charge >= 0.3 is 0 Å². The molecule has 28 heavy (non-hydrogen) atoms. The quantitative estimate of drug-likeness (QED) is 0.503. The van der Waals surface area contributed by atoms with Gasteiger partial charge in [0.05, 0.1) is 22.1 Å². The van der Waals surface area contributed by atoms with Gasteiger partial charge in [-0.3, -0.25) is 0 Å². The number of rotatable bonds is 8. The van der Waals surface area contributed by atoms with Crippen molar-refractivity contribution in [3.63, 3.8) is 0 Å². The molecule has 0 amide bonds. The maximum Gasteiger partial charge on any atom is 0.242 e. The molecule has 9 heteroatoms. The number of nitrogens with one attached hydrogen (secondary N) is 2. The smallest absolute Gasteiger partial charge is 0.242 e. The van der Waals surface area contributed by atoms with E-state index in [1.807, 2.05) is 13.8 Å². The molecule has 0 spiro atoms. The summed E-state index contributed by atoms with van der Waals surface area (Å²) in [5, 5.41) is 7.67. The number of thiazole rings is 1. The number of hydrogen-bond donors (Lipinski definition) is 2. The van der Waals surface area contributed by atoms with E-state index in [9.17, 15) is 8.42 Å². The largest absolute Gasteiger partial charge is 0.357 e. The lowest BCUT2D eigenvalue weighted by atomic mass is 10.2. The Bertz CT molecular complexity index is 883. The second kappa shape index (κ2) is 9.99. The van der Waals surface area contributed by atoms with E-state index < -0.39 is 10.0 Å². The molecule has 0 aliphatic heterocycles. The first-order chi connectivity index (χ1) is 13.2. The Morgan fingerprint density at radius 2 is 1.86 bits per heavy atom. The standard InChI is InChI=1S/C19H29N5O2S2/c1-6-20-19(21-12-11-18-23-14(2)15(3)27-18)22-13-16-7-9-17(10-8-16)28(25,26)24(4)5/h7-10H,6,11-13H2,1-5H3,(H2,20,21,22). The third-order valence-electron chi connectivity index (χ3n) is 4.17. The van der Waals surface area contributed by atoms with Crippen LogP contribution in [-0.2, 0) is 23.0 Å². The number of aliphatic imine (C=N–C) groups is 1. The van der Waals surface area contributed by atoms with Crippen molar-refractivity contribution < 1.29 is 8.42 Å². The lowest BCUT2D eigenvalue weighted by Gasteiger charge is -2.12. The Hall–Kier alpha value is -1.97. The van der Waals surface area contributed by atoms with Crippen LogP contribution in [0.5, 0.6) is 0 Å². The normalized spacial score (nSPS) is 12.4. The molecule has 2 aromatic rings. The lowest BCUT2D eigenvalue weighted by molar-refractivity contribution is 0.520. The zero-order valence-electron chi connectivity index (χ0n) is 17.1. The van der Waals surface area contributed by atoms with Crippen LogP contribution in [-0.4, -0.2) is 50.9 Å².